The van der Waals surface area contributed by atoms with Crippen molar-refractivity contribution >= 4 is 23.6 Å². The van der Waals surface area contributed by atoms with E-state index in [1.54, 1.807) is 24.3 Å². The van der Waals surface area contributed by atoms with Gasteiger partial charge in [0, 0.05) is 16.8 Å². The number of benzene rings is 2. The molecule has 0 aliphatic heterocycles. The first kappa shape index (κ1) is 10.7. The molecule has 2 aromatic carbocycles. The van der Waals surface area contributed by atoms with Gasteiger partial charge in [0.05, 0.1) is 5.02 Å². The predicted octanol–water partition coefficient (Wildman–Crippen LogP) is 3.40. The third kappa shape index (κ3) is 2.07. The Labute approximate surface area is 98.7 Å². The molecular weight excluding hydrogens is 222 g/mol. The summed E-state index contributed by atoms with van der Waals surface area (Å²) >= 11 is 6.09. The van der Waals surface area contributed by atoms with Crippen molar-refractivity contribution in [2.45, 2.75) is 0 Å². The molecular formula is C13H10ClNO. The van der Waals surface area contributed by atoms with Crippen molar-refractivity contribution in [2.75, 3.05) is 5.73 Å². The van der Waals surface area contributed by atoms with Crippen LogP contribution in [0.2, 0.25) is 5.02 Å². The number of hydrogen-bond acceptors (Lipinski definition) is 2. The number of nitrogen functional groups attached to an aromatic ring is 1. The molecule has 0 aliphatic carbocycles. The van der Waals surface area contributed by atoms with Crippen molar-refractivity contribution in [3.05, 3.63) is 53.1 Å². The lowest BCUT2D eigenvalue weighted by atomic mass is 10.0. The molecule has 0 radical (unpaired) electrons. The highest BCUT2D eigenvalue weighted by Crippen LogP contribution is 2.29. The monoisotopic (exact) mass is 231 g/mol. The second-order valence-electron chi connectivity index (χ2n) is 3.48. The molecule has 0 fully saturated rings. The first-order valence-corrected chi connectivity index (χ1v) is 5.19. The van der Waals surface area contributed by atoms with Gasteiger partial charge in [-0.2, -0.15) is 0 Å². The smallest absolute Gasteiger partial charge is 0.150 e. The average Bonchev–Trinajstić information content (AvgIpc) is 2.29. The van der Waals surface area contributed by atoms with Crippen LogP contribution >= 0.6 is 11.6 Å². The van der Waals surface area contributed by atoms with Crippen LogP contribution in [0, 0.1) is 0 Å². The Morgan fingerprint density at radius 3 is 2.31 bits per heavy atom. The molecule has 2 aromatic rings. The molecule has 0 heterocycles. The summed E-state index contributed by atoms with van der Waals surface area (Å²) in [5.74, 6) is 0. The third-order valence-corrected chi connectivity index (χ3v) is 2.66. The van der Waals surface area contributed by atoms with Crippen LogP contribution in [-0.2, 0) is 0 Å². The molecule has 2 rings (SSSR count). The first-order valence-electron chi connectivity index (χ1n) is 4.81. The lowest BCUT2D eigenvalue weighted by Gasteiger charge is -2.05. The highest BCUT2D eigenvalue weighted by molar-refractivity contribution is 6.33. The lowest BCUT2D eigenvalue weighted by molar-refractivity contribution is 0.112. The minimum absolute atomic E-state index is 0.610. The second kappa shape index (κ2) is 4.37. The Bertz CT molecular complexity index is 520. The van der Waals surface area contributed by atoms with Crippen molar-refractivity contribution in [2.24, 2.45) is 0 Å². The van der Waals surface area contributed by atoms with Crippen molar-refractivity contribution in [1.82, 2.24) is 0 Å². The summed E-state index contributed by atoms with van der Waals surface area (Å²) < 4.78 is 0. The Hall–Kier alpha value is -1.80. The normalized spacial score (nSPS) is 10.1. The Morgan fingerprint density at radius 2 is 1.75 bits per heavy atom. The maximum Gasteiger partial charge on any atom is 0.150 e. The highest BCUT2D eigenvalue weighted by Gasteiger charge is 2.03. The van der Waals surface area contributed by atoms with E-state index in [4.69, 9.17) is 17.3 Å². The maximum absolute atomic E-state index is 10.5. The molecule has 0 amide bonds. The van der Waals surface area contributed by atoms with Crippen LogP contribution < -0.4 is 5.73 Å². The molecule has 0 bridgehead atoms. The van der Waals surface area contributed by atoms with Crippen molar-refractivity contribution in [3.8, 4) is 11.1 Å². The van der Waals surface area contributed by atoms with E-state index in [2.05, 4.69) is 0 Å². The summed E-state index contributed by atoms with van der Waals surface area (Å²) in [7, 11) is 0. The summed E-state index contributed by atoms with van der Waals surface area (Å²) in [6, 6.07) is 12.6. The van der Waals surface area contributed by atoms with Gasteiger partial charge >= 0.3 is 0 Å². The quantitative estimate of drug-likeness (QED) is 0.636. The van der Waals surface area contributed by atoms with Crippen LogP contribution in [-0.4, -0.2) is 6.29 Å². The van der Waals surface area contributed by atoms with Crippen LogP contribution in [0.4, 0.5) is 5.69 Å². The van der Waals surface area contributed by atoms with Gasteiger partial charge in [0.1, 0.15) is 6.29 Å². The summed E-state index contributed by atoms with van der Waals surface area (Å²) in [4.78, 5) is 10.5. The number of aldehydes is 1. The fourth-order valence-corrected chi connectivity index (χ4v) is 1.80. The number of hydrogen-bond donors (Lipinski definition) is 1. The molecule has 0 spiro atoms. The molecule has 0 aliphatic rings. The van der Waals surface area contributed by atoms with Crippen molar-refractivity contribution in [3.63, 3.8) is 0 Å². The number of halogens is 1. The van der Waals surface area contributed by atoms with Gasteiger partial charge < -0.3 is 5.73 Å². The number of anilines is 1. The number of nitrogens with two attached hydrogens (primary N) is 1. The fourth-order valence-electron chi connectivity index (χ4n) is 1.51. The van der Waals surface area contributed by atoms with Gasteiger partial charge in [-0.15, -0.1) is 0 Å². The van der Waals surface area contributed by atoms with Crippen LogP contribution in [0.5, 0.6) is 0 Å². The molecule has 3 heteroatoms. The third-order valence-electron chi connectivity index (χ3n) is 2.35. The van der Waals surface area contributed by atoms with E-state index >= 15 is 0 Å². The molecule has 0 aromatic heterocycles. The maximum atomic E-state index is 10.5. The van der Waals surface area contributed by atoms with Gasteiger partial charge in [-0.25, -0.2) is 0 Å². The van der Waals surface area contributed by atoms with E-state index < -0.39 is 0 Å². The molecule has 0 unspecified atom stereocenters. The number of rotatable bonds is 2. The summed E-state index contributed by atoms with van der Waals surface area (Å²) in [5.41, 5.74) is 8.78. The first-order chi connectivity index (χ1) is 7.70. The van der Waals surface area contributed by atoms with Crippen LogP contribution in [0.3, 0.4) is 0 Å². The van der Waals surface area contributed by atoms with E-state index in [1.165, 1.54) is 0 Å². The van der Waals surface area contributed by atoms with Gasteiger partial charge in [-0.1, -0.05) is 41.9 Å². The van der Waals surface area contributed by atoms with E-state index in [1.807, 2.05) is 18.2 Å². The van der Waals surface area contributed by atoms with Gasteiger partial charge in [0.25, 0.3) is 0 Å². The Morgan fingerprint density at radius 1 is 1.06 bits per heavy atom. The van der Waals surface area contributed by atoms with Gasteiger partial charge in [-0.3, -0.25) is 4.79 Å². The Kier molecular flexibility index (Phi) is 2.93. The zero-order chi connectivity index (χ0) is 11.5. The van der Waals surface area contributed by atoms with E-state index in [0.29, 0.717) is 16.3 Å². The highest BCUT2D eigenvalue weighted by atomic mass is 35.5. The van der Waals surface area contributed by atoms with Gasteiger partial charge in [0.15, 0.2) is 0 Å². The SMILES string of the molecule is Nc1ccc(-c2ccc(C=O)cc2)c(Cl)c1. The zero-order valence-electron chi connectivity index (χ0n) is 8.48. The summed E-state index contributed by atoms with van der Waals surface area (Å²) in [6.45, 7) is 0. The zero-order valence-corrected chi connectivity index (χ0v) is 9.24. The fraction of sp³-hybridized carbons (Fsp3) is 0. The molecule has 16 heavy (non-hydrogen) atoms. The Balaban J connectivity index is 2.46. The summed E-state index contributed by atoms with van der Waals surface area (Å²) in [6.07, 6.45) is 0.814. The van der Waals surface area contributed by atoms with E-state index in [0.717, 1.165) is 17.4 Å². The number of carbonyl (C=O) groups is 1. The summed E-state index contributed by atoms with van der Waals surface area (Å²) in [5, 5.41) is 0.610. The molecule has 2 N–H and O–H groups in total. The number of carbonyl (C=O) groups excluding carboxylic acids is 1. The van der Waals surface area contributed by atoms with E-state index in [9.17, 15) is 4.79 Å². The molecule has 0 saturated heterocycles. The molecule has 80 valence electrons. The predicted molar refractivity (Wildman–Crippen MR) is 66.7 cm³/mol. The largest absolute Gasteiger partial charge is 0.399 e. The van der Waals surface area contributed by atoms with Crippen molar-refractivity contribution < 1.29 is 4.79 Å². The minimum Gasteiger partial charge on any atom is -0.399 e. The van der Waals surface area contributed by atoms with E-state index in [-0.39, 0.29) is 0 Å². The van der Waals surface area contributed by atoms with Crippen LogP contribution in [0.25, 0.3) is 11.1 Å². The molecule has 0 saturated carbocycles. The van der Waals surface area contributed by atoms with Gasteiger partial charge in [-0.05, 0) is 17.7 Å². The standard InChI is InChI=1S/C13H10ClNO/c14-13-7-11(15)5-6-12(13)10-3-1-9(8-16)2-4-10/h1-8H,15H2. The van der Waals surface area contributed by atoms with Gasteiger partial charge in [0.2, 0.25) is 0 Å². The second-order valence-corrected chi connectivity index (χ2v) is 3.89. The van der Waals surface area contributed by atoms with Crippen molar-refractivity contribution in [1.29, 1.82) is 0 Å². The molecule has 2 nitrogen and oxygen atoms in total. The van der Waals surface area contributed by atoms with Crippen LogP contribution in [0.1, 0.15) is 10.4 Å². The molecule has 0 atom stereocenters. The minimum atomic E-state index is 0.610. The van der Waals surface area contributed by atoms with Crippen LogP contribution in [0.15, 0.2) is 42.5 Å². The lowest BCUT2D eigenvalue weighted by Crippen LogP contribution is -1.86. The topological polar surface area (TPSA) is 43.1 Å². The average molecular weight is 232 g/mol.